The highest BCUT2D eigenvalue weighted by molar-refractivity contribution is 7.47. The Labute approximate surface area is 645 Å². The number of esters is 4. The van der Waals surface area contributed by atoms with Gasteiger partial charge in [0.15, 0.2) is 12.2 Å². The number of phosphoric acid groups is 2. The van der Waals surface area contributed by atoms with Crippen LogP contribution in [0.3, 0.4) is 0 Å². The van der Waals surface area contributed by atoms with Crippen molar-refractivity contribution in [1.29, 1.82) is 0 Å². The molecule has 17 nitrogen and oxygen atoms in total. The molecule has 0 spiro atoms. The standard InChI is InChI=1S/C86H168O17P2/c1-7-10-12-14-16-17-18-19-20-21-22-23-24-25-26-29-36-41-46-52-58-64-71-86(91)103-82(75-97-84(89)69-63-57-51-45-40-35-30-27-28-33-38-43-49-54-60-66-78(4)5)77-101-105(94,95)99-73-80(87)72-98-104(92,93)100-76-81(74-96-83(88)68-62-56-48-15-13-11-8-2)102-85(90)70-65-59-53-47-42-37-32-31-34-39-44-50-55-61-67-79(6)9-3/h78-82,87H,7-77H2,1-6H3,(H,92,93)(H,94,95)/t79?,80-,81+,82+/m0/s1. The monoisotopic (exact) mass is 1540 g/mol. The number of carbonyl (C=O) groups excluding carboxylic acids is 4. The van der Waals surface area contributed by atoms with Gasteiger partial charge < -0.3 is 33.8 Å². The van der Waals surface area contributed by atoms with Crippen LogP contribution in [0.4, 0.5) is 0 Å². The fourth-order valence-electron chi connectivity index (χ4n) is 13.4. The lowest BCUT2D eigenvalue weighted by molar-refractivity contribution is -0.161. The number of aliphatic hydroxyl groups excluding tert-OH is 1. The number of ether oxygens (including phenoxy) is 4. The van der Waals surface area contributed by atoms with Crippen molar-refractivity contribution in [2.75, 3.05) is 39.6 Å². The quantitative estimate of drug-likeness (QED) is 0.0222. The molecular weight excluding hydrogens is 1370 g/mol. The number of rotatable bonds is 85. The number of hydrogen-bond donors (Lipinski definition) is 3. The van der Waals surface area contributed by atoms with E-state index in [0.29, 0.717) is 25.7 Å². The van der Waals surface area contributed by atoms with Gasteiger partial charge in [0.25, 0.3) is 0 Å². The Balaban J connectivity index is 5.16. The van der Waals surface area contributed by atoms with E-state index < -0.39 is 97.5 Å². The molecule has 0 heterocycles. The van der Waals surface area contributed by atoms with Crippen LogP contribution in [0.2, 0.25) is 0 Å². The van der Waals surface area contributed by atoms with Crippen LogP contribution in [0, 0.1) is 11.8 Å². The van der Waals surface area contributed by atoms with Gasteiger partial charge in [-0.15, -0.1) is 0 Å². The summed E-state index contributed by atoms with van der Waals surface area (Å²) in [6.07, 6.45) is 69.6. The maximum absolute atomic E-state index is 13.1. The van der Waals surface area contributed by atoms with Crippen molar-refractivity contribution in [3.63, 3.8) is 0 Å². The Kier molecular flexibility index (Phi) is 76.0. The van der Waals surface area contributed by atoms with Crippen LogP contribution in [-0.2, 0) is 65.4 Å². The molecule has 19 heteroatoms. The van der Waals surface area contributed by atoms with E-state index in [1.54, 1.807) is 0 Å². The van der Waals surface area contributed by atoms with Crippen molar-refractivity contribution < 1.29 is 80.2 Å². The number of hydrogen-bond acceptors (Lipinski definition) is 15. The van der Waals surface area contributed by atoms with E-state index in [1.165, 1.54) is 263 Å². The van der Waals surface area contributed by atoms with Crippen LogP contribution >= 0.6 is 15.6 Å². The van der Waals surface area contributed by atoms with Gasteiger partial charge in [0, 0.05) is 25.7 Å². The maximum atomic E-state index is 13.1. The van der Waals surface area contributed by atoms with E-state index in [-0.39, 0.29) is 25.7 Å². The summed E-state index contributed by atoms with van der Waals surface area (Å²) in [6, 6.07) is 0. The Morgan fingerprint density at radius 1 is 0.276 bits per heavy atom. The summed E-state index contributed by atoms with van der Waals surface area (Å²) in [5.41, 5.74) is 0. The van der Waals surface area contributed by atoms with Gasteiger partial charge in [-0.05, 0) is 37.5 Å². The first-order valence-corrected chi connectivity index (χ1v) is 47.5. The minimum atomic E-state index is -4.96. The van der Waals surface area contributed by atoms with Crippen molar-refractivity contribution in [2.45, 2.75) is 477 Å². The van der Waals surface area contributed by atoms with E-state index in [1.807, 2.05) is 0 Å². The molecular formula is C86H168O17P2. The Hall–Kier alpha value is -1.94. The summed E-state index contributed by atoms with van der Waals surface area (Å²) in [4.78, 5) is 73.1. The lowest BCUT2D eigenvalue weighted by Gasteiger charge is -2.21. The van der Waals surface area contributed by atoms with Gasteiger partial charge in [0.05, 0.1) is 26.4 Å². The van der Waals surface area contributed by atoms with Crippen LogP contribution in [0.25, 0.3) is 0 Å². The van der Waals surface area contributed by atoms with Gasteiger partial charge in [-0.25, -0.2) is 9.13 Å². The summed E-state index contributed by atoms with van der Waals surface area (Å²) in [5, 5.41) is 10.7. The minimum Gasteiger partial charge on any atom is -0.462 e. The molecule has 6 atom stereocenters. The highest BCUT2D eigenvalue weighted by atomic mass is 31.2. The van der Waals surface area contributed by atoms with E-state index >= 15 is 0 Å². The van der Waals surface area contributed by atoms with Gasteiger partial charge in [-0.1, -0.05) is 408 Å². The summed E-state index contributed by atoms with van der Waals surface area (Å²) in [7, 11) is -9.92. The molecule has 0 aliphatic heterocycles. The molecule has 0 aromatic heterocycles. The van der Waals surface area contributed by atoms with Crippen molar-refractivity contribution in [3.05, 3.63) is 0 Å². The summed E-state index contributed by atoms with van der Waals surface area (Å²) in [5.74, 6) is -0.455. The second-order valence-electron chi connectivity index (χ2n) is 31.6. The van der Waals surface area contributed by atoms with E-state index in [9.17, 15) is 43.2 Å². The topological polar surface area (TPSA) is 237 Å². The van der Waals surface area contributed by atoms with Crippen molar-refractivity contribution >= 4 is 39.5 Å². The van der Waals surface area contributed by atoms with Crippen molar-refractivity contribution in [3.8, 4) is 0 Å². The molecule has 3 N–H and O–H groups in total. The molecule has 0 rings (SSSR count). The van der Waals surface area contributed by atoms with Gasteiger partial charge in [-0.2, -0.15) is 0 Å². The summed E-state index contributed by atoms with van der Waals surface area (Å²) < 4.78 is 68.8. The largest absolute Gasteiger partial charge is 0.472 e. The van der Waals surface area contributed by atoms with Gasteiger partial charge in [0.2, 0.25) is 0 Å². The number of aliphatic hydroxyl groups is 1. The fourth-order valence-corrected chi connectivity index (χ4v) is 15.0. The van der Waals surface area contributed by atoms with Crippen LogP contribution < -0.4 is 0 Å². The van der Waals surface area contributed by atoms with Crippen LogP contribution in [0.15, 0.2) is 0 Å². The molecule has 624 valence electrons. The fraction of sp³-hybridized carbons (Fsp3) is 0.953. The summed E-state index contributed by atoms with van der Waals surface area (Å²) in [6.45, 7) is 9.70. The predicted molar refractivity (Wildman–Crippen MR) is 432 cm³/mol. The lowest BCUT2D eigenvalue weighted by atomic mass is 9.99. The molecule has 0 radical (unpaired) electrons. The normalized spacial score (nSPS) is 14.1. The van der Waals surface area contributed by atoms with E-state index in [4.69, 9.17) is 37.0 Å². The molecule has 3 unspecified atom stereocenters. The number of carbonyl (C=O) groups is 4. The van der Waals surface area contributed by atoms with Crippen LogP contribution in [-0.4, -0.2) is 96.7 Å². The minimum absolute atomic E-state index is 0.108. The molecule has 0 saturated heterocycles. The second-order valence-corrected chi connectivity index (χ2v) is 34.6. The smallest absolute Gasteiger partial charge is 0.462 e. The molecule has 0 bridgehead atoms. The molecule has 0 aromatic rings. The molecule has 0 aromatic carbocycles. The van der Waals surface area contributed by atoms with Crippen molar-refractivity contribution in [2.24, 2.45) is 11.8 Å². The Bertz CT molecular complexity index is 2010. The summed E-state index contributed by atoms with van der Waals surface area (Å²) >= 11 is 0. The molecule has 0 saturated carbocycles. The highest BCUT2D eigenvalue weighted by Crippen LogP contribution is 2.45. The third-order valence-electron chi connectivity index (χ3n) is 20.6. The highest BCUT2D eigenvalue weighted by Gasteiger charge is 2.30. The molecule has 0 fully saturated rings. The SMILES string of the molecule is CCCCCCCCCCCCCCCCCCCCCCCCC(=O)O[C@H](COC(=O)CCCCCCCCCCCCCCCCCC(C)C)COP(=O)(O)OC[C@@H](O)COP(=O)(O)OC[C@@H](COC(=O)CCCCCCCCC)OC(=O)CCCCCCCCCCCCCCCCC(C)CC. The average molecular weight is 1540 g/mol. The second kappa shape index (κ2) is 77.4. The predicted octanol–water partition coefficient (Wildman–Crippen LogP) is 26.2. The van der Waals surface area contributed by atoms with Crippen molar-refractivity contribution in [1.82, 2.24) is 0 Å². The first kappa shape index (κ1) is 103. The van der Waals surface area contributed by atoms with E-state index in [0.717, 1.165) is 115 Å². The number of phosphoric ester groups is 2. The van der Waals surface area contributed by atoms with Crippen LogP contribution in [0.1, 0.15) is 459 Å². The average Bonchev–Trinajstić information content (AvgIpc) is 0.911. The lowest BCUT2D eigenvalue weighted by Crippen LogP contribution is -2.30. The zero-order valence-corrected chi connectivity index (χ0v) is 70.8. The third kappa shape index (κ3) is 78.5. The molecule has 0 aliphatic carbocycles. The van der Waals surface area contributed by atoms with Gasteiger partial charge in [-0.3, -0.25) is 37.3 Å². The first-order chi connectivity index (χ1) is 50.9. The van der Waals surface area contributed by atoms with E-state index in [2.05, 4.69) is 41.5 Å². The Morgan fingerprint density at radius 2 is 0.486 bits per heavy atom. The molecule has 105 heavy (non-hydrogen) atoms. The molecule has 0 amide bonds. The van der Waals surface area contributed by atoms with Gasteiger partial charge >= 0.3 is 39.5 Å². The van der Waals surface area contributed by atoms with Crippen LogP contribution in [0.5, 0.6) is 0 Å². The zero-order valence-electron chi connectivity index (χ0n) is 69.0. The third-order valence-corrected chi connectivity index (χ3v) is 22.5. The first-order valence-electron chi connectivity index (χ1n) is 44.5. The zero-order chi connectivity index (χ0) is 77.1. The number of unbranched alkanes of at least 4 members (excludes halogenated alkanes) is 54. The Morgan fingerprint density at radius 3 is 0.724 bits per heavy atom. The molecule has 0 aliphatic rings. The maximum Gasteiger partial charge on any atom is 0.472 e. The van der Waals surface area contributed by atoms with Gasteiger partial charge in [0.1, 0.15) is 19.3 Å².